The lowest BCUT2D eigenvalue weighted by atomic mass is 10.1. The number of rotatable bonds is 6. The van der Waals surface area contributed by atoms with Crippen LogP contribution in [0.4, 0.5) is 5.69 Å². The molecule has 152 valence electrons. The van der Waals surface area contributed by atoms with Gasteiger partial charge in [0.05, 0.1) is 0 Å². The molecule has 3 aromatic rings. The van der Waals surface area contributed by atoms with Gasteiger partial charge < -0.3 is 9.88 Å². The molecule has 3 rings (SSSR count). The number of aromatic nitrogens is 4. The van der Waals surface area contributed by atoms with Gasteiger partial charge in [0.1, 0.15) is 0 Å². The van der Waals surface area contributed by atoms with E-state index < -0.39 is 11.2 Å². The van der Waals surface area contributed by atoms with Gasteiger partial charge in [-0.1, -0.05) is 11.8 Å². The Bertz CT molecular complexity index is 1220. The van der Waals surface area contributed by atoms with Crippen LogP contribution in [-0.2, 0) is 25.9 Å². The van der Waals surface area contributed by atoms with Gasteiger partial charge in [0.15, 0.2) is 22.1 Å². The summed E-state index contributed by atoms with van der Waals surface area (Å²) >= 11 is 1.33. The van der Waals surface area contributed by atoms with Gasteiger partial charge in [0, 0.05) is 44.6 Å². The summed E-state index contributed by atoms with van der Waals surface area (Å²) in [5, 5.41) is 3.33. The van der Waals surface area contributed by atoms with Crippen molar-refractivity contribution < 1.29 is 9.59 Å². The maximum Gasteiger partial charge on any atom is 0.332 e. The Morgan fingerprint density at radius 1 is 1.03 bits per heavy atom. The van der Waals surface area contributed by atoms with Gasteiger partial charge in [-0.2, -0.15) is 0 Å². The van der Waals surface area contributed by atoms with Crippen molar-refractivity contribution in [1.82, 2.24) is 18.7 Å². The molecule has 0 saturated heterocycles. The molecular weight excluding hydrogens is 394 g/mol. The zero-order valence-corrected chi connectivity index (χ0v) is 17.4. The van der Waals surface area contributed by atoms with E-state index in [4.69, 9.17) is 0 Å². The van der Waals surface area contributed by atoms with E-state index in [1.54, 1.807) is 42.9 Å². The second kappa shape index (κ2) is 8.08. The smallest absolute Gasteiger partial charge is 0.326 e. The predicted molar refractivity (Wildman–Crippen MR) is 112 cm³/mol. The van der Waals surface area contributed by atoms with Gasteiger partial charge in [-0.05, 0) is 31.2 Å². The molecule has 9 nitrogen and oxygen atoms in total. The molecule has 0 bridgehead atoms. The third-order valence-corrected chi connectivity index (χ3v) is 5.59. The van der Waals surface area contributed by atoms with Gasteiger partial charge in [0.25, 0.3) is 5.56 Å². The molecule has 0 aliphatic heterocycles. The number of hydrogen-bond acceptors (Lipinski definition) is 6. The highest BCUT2D eigenvalue weighted by Crippen LogP contribution is 2.21. The quantitative estimate of drug-likeness (QED) is 0.480. The first-order valence-electron chi connectivity index (χ1n) is 8.86. The molecule has 0 unspecified atom stereocenters. The minimum Gasteiger partial charge on any atom is -0.326 e. The van der Waals surface area contributed by atoms with Crippen molar-refractivity contribution in [3.63, 3.8) is 0 Å². The number of aryl methyl sites for hydroxylation is 2. The number of ketones is 1. The molecule has 0 fully saturated rings. The highest BCUT2D eigenvalue weighted by atomic mass is 32.2. The highest BCUT2D eigenvalue weighted by molar-refractivity contribution is 7.99. The number of imidazole rings is 1. The van der Waals surface area contributed by atoms with Crippen LogP contribution in [0.5, 0.6) is 0 Å². The normalized spacial score (nSPS) is 11.0. The Morgan fingerprint density at radius 3 is 2.31 bits per heavy atom. The Balaban J connectivity index is 1.67. The van der Waals surface area contributed by atoms with Crippen LogP contribution < -0.4 is 16.6 Å². The predicted octanol–water partition coefficient (Wildman–Crippen LogP) is 1.29. The number of carbonyl (C=O) groups excluding carboxylic acids is 2. The molecule has 1 aromatic carbocycles. The summed E-state index contributed by atoms with van der Waals surface area (Å²) in [5.74, 6) is 0.243. The number of amides is 1. The van der Waals surface area contributed by atoms with E-state index in [1.165, 1.54) is 30.3 Å². The number of nitrogens with one attached hydrogen (secondary N) is 1. The Hall–Kier alpha value is -3.14. The average molecular weight is 415 g/mol. The van der Waals surface area contributed by atoms with Crippen molar-refractivity contribution in [2.45, 2.75) is 18.5 Å². The maximum atomic E-state index is 12.3. The first kappa shape index (κ1) is 20.6. The summed E-state index contributed by atoms with van der Waals surface area (Å²) in [6.07, 6.45) is 0.235. The fourth-order valence-corrected chi connectivity index (χ4v) is 3.84. The molecule has 29 heavy (non-hydrogen) atoms. The van der Waals surface area contributed by atoms with Crippen molar-refractivity contribution in [2.24, 2.45) is 21.1 Å². The van der Waals surface area contributed by atoms with Crippen LogP contribution in [0, 0.1) is 0 Å². The van der Waals surface area contributed by atoms with E-state index in [-0.39, 0.29) is 23.6 Å². The highest BCUT2D eigenvalue weighted by Gasteiger charge is 2.17. The SMILES string of the molecule is CC(=O)c1ccc(NC(=O)CCSc2nc3c(=O)n(C)c(=O)n(C)c3n2C)cc1. The average Bonchev–Trinajstić information content (AvgIpc) is 3.01. The van der Waals surface area contributed by atoms with E-state index in [9.17, 15) is 19.2 Å². The minimum absolute atomic E-state index is 0.0333. The van der Waals surface area contributed by atoms with Gasteiger partial charge in [-0.25, -0.2) is 9.78 Å². The van der Waals surface area contributed by atoms with E-state index in [0.717, 1.165) is 4.57 Å². The minimum atomic E-state index is -0.447. The second-order valence-electron chi connectivity index (χ2n) is 6.61. The first-order chi connectivity index (χ1) is 13.7. The lowest BCUT2D eigenvalue weighted by Crippen LogP contribution is -2.37. The van der Waals surface area contributed by atoms with Gasteiger partial charge in [-0.3, -0.25) is 23.5 Å². The van der Waals surface area contributed by atoms with Crippen molar-refractivity contribution in [1.29, 1.82) is 0 Å². The topological polar surface area (TPSA) is 108 Å². The number of Topliss-reactive ketones (excluding diaryl/α,β-unsaturated/α-hetero) is 1. The molecule has 0 radical (unpaired) electrons. The fourth-order valence-electron chi connectivity index (χ4n) is 2.93. The third-order valence-electron chi connectivity index (χ3n) is 4.56. The zero-order valence-electron chi connectivity index (χ0n) is 16.6. The molecule has 2 aromatic heterocycles. The van der Waals surface area contributed by atoms with Crippen molar-refractivity contribution in [3.8, 4) is 0 Å². The molecule has 0 saturated carbocycles. The summed E-state index contributed by atoms with van der Waals surface area (Å²) in [5.41, 5.74) is 0.993. The van der Waals surface area contributed by atoms with Crippen molar-refractivity contribution in [3.05, 3.63) is 50.7 Å². The van der Waals surface area contributed by atoms with Crippen molar-refractivity contribution in [2.75, 3.05) is 11.1 Å². The monoisotopic (exact) mass is 415 g/mol. The summed E-state index contributed by atoms with van der Waals surface area (Å²) in [4.78, 5) is 52.2. The van der Waals surface area contributed by atoms with Crippen LogP contribution in [0.25, 0.3) is 11.2 Å². The molecule has 1 amide bonds. The Kier molecular flexibility index (Phi) is 5.73. The Morgan fingerprint density at radius 2 is 1.69 bits per heavy atom. The van der Waals surface area contributed by atoms with Crippen LogP contribution in [0.2, 0.25) is 0 Å². The molecule has 0 atom stereocenters. The lowest BCUT2D eigenvalue weighted by Gasteiger charge is -2.07. The second-order valence-corrected chi connectivity index (χ2v) is 7.67. The van der Waals surface area contributed by atoms with Gasteiger partial charge in [-0.15, -0.1) is 0 Å². The van der Waals surface area contributed by atoms with E-state index in [2.05, 4.69) is 10.3 Å². The third kappa shape index (κ3) is 4.02. The van der Waals surface area contributed by atoms with Crippen LogP contribution >= 0.6 is 11.8 Å². The first-order valence-corrected chi connectivity index (χ1v) is 9.85. The summed E-state index contributed by atoms with van der Waals surface area (Å²) in [6, 6.07) is 6.70. The summed E-state index contributed by atoms with van der Waals surface area (Å²) in [6.45, 7) is 1.49. The summed E-state index contributed by atoms with van der Waals surface area (Å²) in [7, 11) is 4.73. The molecular formula is C19H21N5O4S. The number of fused-ring (bicyclic) bond motifs is 1. The van der Waals surface area contributed by atoms with Gasteiger partial charge >= 0.3 is 5.69 Å². The van der Waals surface area contributed by atoms with E-state index in [0.29, 0.717) is 27.8 Å². The molecule has 10 heteroatoms. The number of benzene rings is 1. The van der Waals surface area contributed by atoms with Crippen molar-refractivity contribution >= 4 is 40.3 Å². The number of nitrogens with zero attached hydrogens (tertiary/aromatic N) is 4. The Labute approximate surface area is 170 Å². The number of anilines is 1. The summed E-state index contributed by atoms with van der Waals surface area (Å²) < 4.78 is 4.08. The number of hydrogen-bond donors (Lipinski definition) is 1. The number of thioether (sulfide) groups is 1. The molecule has 1 N–H and O–H groups in total. The zero-order chi connectivity index (χ0) is 21.3. The number of carbonyl (C=O) groups is 2. The molecule has 0 spiro atoms. The lowest BCUT2D eigenvalue weighted by molar-refractivity contribution is -0.115. The van der Waals surface area contributed by atoms with Gasteiger partial charge in [0.2, 0.25) is 5.91 Å². The largest absolute Gasteiger partial charge is 0.332 e. The molecule has 0 aliphatic carbocycles. The molecule has 2 heterocycles. The van der Waals surface area contributed by atoms with Crippen LogP contribution in [-0.4, -0.2) is 36.1 Å². The maximum absolute atomic E-state index is 12.3. The van der Waals surface area contributed by atoms with E-state index >= 15 is 0 Å². The molecule has 0 aliphatic rings. The van der Waals surface area contributed by atoms with Crippen LogP contribution in [0.1, 0.15) is 23.7 Å². The van der Waals surface area contributed by atoms with E-state index in [1.807, 2.05) is 0 Å². The van der Waals surface area contributed by atoms with Crippen LogP contribution in [0.3, 0.4) is 0 Å². The fraction of sp³-hybridized carbons (Fsp3) is 0.316. The standard InChI is InChI=1S/C19H21N5O4S/c1-11(25)12-5-7-13(8-6-12)20-14(26)9-10-29-18-21-15-16(22(18)2)23(3)19(28)24(4)17(15)27/h5-8H,9-10H2,1-4H3,(H,20,26). The van der Waals surface area contributed by atoms with Crippen LogP contribution in [0.15, 0.2) is 39.0 Å².